The van der Waals surface area contributed by atoms with E-state index in [1.165, 1.54) is 12.4 Å². The van der Waals surface area contributed by atoms with E-state index in [2.05, 4.69) is 9.97 Å². The molecule has 0 radical (unpaired) electrons. The summed E-state index contributed by atoms with van der Waals surface area (Å²) in [6.07, 6.45) is 2.67. The van der Waals surface area contributed by atoms with Gasteiger partial charge >= 0.3 is 5.97 Å². The zero-order chi connectivity index (χ0) is 12.0. The molecular formula is C10H14N2O4. The molecule has 1 aromatic rings. The lowest BCUT2D eigenvalue weighted by molar-refractivity contribution is 0.0539. The molecule has 0 unspecified atom stereocenters. The van der Waals surface area contributed by atoms with Crippen molar-refractivity contribution in [2.75, 3.05) is 13.2 Å². The summed E-state index contributed by atoms with van der Waals surface area (Å²) in [5.41, 5.74) is -0.137. The van der Waals surface area contributed by atoms with E-state index in [9.17, 15) is 4.79 Å². The number of rotatable bonds is 6. The van der Waals surface area contributed by atoms with Gasteiger partial charge in [0.25, 0.3) is 0 Å². The fourth-order valence-electron chi connectivity index (χ4n) is 0.951. The first kappa shape index (κ1) is 12.4. The van der Waals surface area contributed by atoms with Crippen molar-refractivity contribution in [1.82, 2.24) is 9.97 Å². The van der Waals surface area contributed by atoms with Crippen molar-refractivity contribution in [2.45, 2.75) is 20.0 Å². The lowest BCUT2D eigenvalue weighted by Crippen LogP contribution is -2.12. The van der Waals surface area contributed by atoms with Gasteiger partial charge in [0.05, 0.1) is 25.1 Å². The number of carboxylic acid groups (broad SMARTS) is 1. The van der Waals surface area contributed by atoms with Crippen LogP contribution >= 0.6 is 0 Å². The van der Waals surface area contributed by atoms with Crippen LogP contribution in [-0.2, 0) is 4.74 Å². The van der Waals surface area contributed by atoms with Crippen LogP contribution in [0.5, 0.6) is 5.88 Å². The van der Waals surface area contributed by atoms with Gasteiger partial charge in [0.1, 0.15) is 6.61 Å². The Morgan fingerprint density at radius 2 is 2.19 bits per heavy atom. The Morgan fingerprint density at radius 3 is 2.81 bits per heavy atom. The van der Waals surface area contributed by atoms with Gasteiger partial charge < -0.3 is 14.6 Å². The highest BCUT2D eigenvalue weighted by Crippen LogP contribution is 2.04. The molecule has 0 fully saturated rings. The number of ether oxygens (including phenoxy) is 2. The minimum absolute atomic E-state index is 0.137. The van der Waals surface area contributed by atoms with Crippen molar-refractivity contribution in [3.63, 3.8) is 0 Å². The quantitative estimate of drug-likeness (QED) is 0.728. The average molecular weight is 226 g/mol. The van der Waals surface area contributed by atoms with Crippen LogP contribution in [0.25, 0.3) is 0 Å². The van der Waals surface area contributed by atoms with Crippen molar-refractivity contribution >= 4 is 5.97 Å². The highest BCUT2D eigenvalue weighted by Gasteiger charge is 2.06. The van der Waals surface area contributed by atoms with Crippen molar-refractivity contribution in [2.24, 2.45) is 0 Å². The molecule has 0 bridgehead atoms. The molecular weight excluding hydrogens is 212 g/mol. The summed E-state index contributed by atoms with van der Waals surface area (Å²) in [5, 5.41) is 8.67. The first-order valence-electron chi connectivity index (χ1n) is 4.89. The number of hydrogen-bond acceptors (Lipinski definition) is 5. The number of nitrogens with zero attached hydrogens (tertiary/aromatic N) is 2. The molecule has 0 aliphatic rings. The van der Waals surface area contributed by atoms with Gasteiger partial charge in [-0.2, -0.15) is 0 Å². The molecule has 16 heavy (non-hydrogen) atoms. The first-order valence-corrected chi connectivity index (χ1v) is 4.89. The maximum absolute atomic E-state index is 10.6. The molecule has 0 aliphatic carbocycles. The van der Waals surface area contributed by atoms with Crippen LogP contribution in [0.1, 0.15) is 24.3 Å². The number of aromatic nitrogens is 2. The highest BCUT2D eigenvalue weighted by atomic mass is 16.5. The molecule has 0 saturated carbocycles. The number of carboxylic acids is 1. The van der Waals surface area contributed by atoms with Gasteiger partial charge in [-0.05, 0) is 13.8 Å². The van der Waals surface area contributed by atoms with Gasteiger partial charge in [0.15, 0.2) is 5.69 Å². The van der Waals surface area contributed by atoms with E-state index in [0.29, 0.717) is 13.2 Å². The molecule has 6 heteroatoms. The third-order valence-electron chi connectivity index (χ3n) is 1.62. The minimum Gasteiger partial charge on any atom is -0.476 e. The van der Waals surface area contributed by atoms with E-state index in [1.54, 1.807) is 0 Å². The Kier molecular flexibility index (Phi) is 4.65. The topological polar surface area (TPSA) is 81.5 Å². The zero-order valence-corrected chi connectivity index (χ0v) is 9.21. The van der Waals surface area contributed by atoms with Gasteiger partial charge in [-0.3, -0.25) is 4.98 Å². The van der Waals surface area contributed by atoms with E-state index < -0.39 is 5.97 Å². The molecule has 0 amide bonds. The Balaban J connectivity index is 2.42. The molecule has 1 aromatic heterocycles. The monoisotopic (exact) mass is 226 g/mol. The summed E-state index contributed by atoms with van der Waals surface area (Å²) in [4.78, 5) is 18.0. The smallest absolute Gasteiger partial charge is 0.356 e. The molecule has 0 atom stereocenters. The summed E-state index contributed by atoms with van der Waals surface area (Å²) in [7, 11) is 0. The number of aromatic carboxylic acids is 1. The SMILES string of the molecule is CC(C)OCCOc1cncc(C(=O)O)n1. The predicted octanol–water partition coefficient (Wildman–Crippen LogP) is 0.979. The molecule has 6 nitrogen and oxygen atoms in total. The second kappa shape index (κ2) is 6.02. The lowest BCUT2D eigenvalue weighted by atomic mass is 10.5. The third kappa shape index (κ3) is 4.22. The first-order chi connectivity index (χ1) is 7.59. The third-order valence-corrected chi connectivity index (χ3v) is 1.62. The van der Waals surface area contributed by atoms with Crippen molar-refractivity contribution in [3.8, 4) is 5.88 Å². The van der Waals surface area contributed by atoms with E-state index in [0.717, 1.165) is 0 Å². The molecule has 1 rings (SSSR count). The zero-order valence-electron chi connectivity index (χ0n) is 9.21. The fourth-order valence-corrected chi connectivity index (χ4v) is 0.951. The molecule has 0 aliphatic heterocycles. The summed E-state index contributed by atoms with van der Waals surface area (Å²) in [6, 6.07) is 0. The number of hydrogen-bond donors (Lipinski definition) is 1. The van der Waals surface area contributed by atoms with Gasteiger partial charge in [-0.1, -0.05) is 0 Å². The van der Waals surface area contributed by atoms with Crippen LogP contribution in [-0.4, -0.2) is 40.4 Å². The average Bonchev–Trinajstić information content (AvgIpc) is 2.24. The molecule has 0 spiro atoms. The Hall–Kier alpha value is -1.69. The van der Waals surface area contributed by atoms with Crippen LogP contribution in [0.15, 0.2) is 12.4 Å². The largest absolute Gasteiger partial charge is 0.476 e. The van der Waals surface area contributed by atoms with Gasteiger partial charge in [-0.25, -0.2) is 9.78 Å². The maximum Gasteiger partial charge on any atom is 0.356 e. The normalized spacial score (nSPS) is 10.4. The highest BCUT2D eigenvalue weighted by molar-refractivity contribution is 5.84. The van der Waals surface area contributed by atoms with Gasteiger partial charge in [0.2, 0.25) is 5.88 Å². The second-order valence-corrected chi connectivity index (χ2v) is 3.32. The number of carbonyl (C=O) groups is 1. The summed E-state index contributed by atoms with van der Waals surface area (Å²) < 4.78 is 10.4. The summed E-state index contributed by atoms with van der Waals surface area (Å²) in [5.74, 6) is -0.941. The van der Waals surface area contributed by atoms with Crippen LogP contribution in [0.4, 0.5) is 0 Å². The van der Waals surface area contributed by atoms with E-state index >= 15 is 0 Å². The standard InChI is InChI=1S/C10H14N2O4/c1-7(2)15-3-4-16-9-6-11-5-8(12-9)10(13)14/h5-7H,3-4H2,1-2H3,(H,13,14). The Morgan fingerprint density at radius 1 is 1.44 bits per heavy atom. The molecule has 0 saturated heterocycles. The minimum atomic E-state index is -1.13. The van der Waals surface area contributed by atoms with Crippen LogP contribution in [0, 0.1) is 0 Å². The Bertz CT molecular complexity index is 354. The van der Waals surface area contributed by atoms with E-state index in [-0.39, 0.29) is 17.7 Å². The summed E-state index contributed by atoms with van der Waals surface area (Å²) >= 11 is 0. The lowest BCUT2D eigenvalue weighted by Gasteiger charge is -2.08. The Labute approximate surface area is 93.2 Å². The molecule has 0 aromatic carbocycles. The summed E-state index contributed by atoms with van der Waals surface area (Å²) in [6.45, 7) is 4.59. The molecule has 1 heterocycles. The molecule has 1 N–H and O–H groups in total. The fraction of sp³-hybridized carbons (Fsp3) is 0.500. The van der Waals surface area contributed by atoms with E-state index in [1.807, 2.05) is 13.8 Å². The van der Waals surface area contributed by atoms with Gasteiger partial charge in [0, 0.05) is 0 Å². The molecule has 88 valence electrons. The maximum atomic E-state index is 10.6. The van der Waals surface area contributed by atoms with Crippen LogP contribution in [0.3, 0.4) is 0 Å². The predicted molar refractivity (Wildman–Crippen MR) is 55.6 cm³/mol. The van der Waals surface area contributed by atoms with Crippen LogP contribution in [0.2, 0.25) is 0 Å². The van der Waals surface area contributed by atoms with Crippen molar-refractivity contribution in [3.05, 3.63) is 18.1 Å². The van der Waals surface area contributed by atoms with Crippen molar-refractivity contribution < 1.29 is 19.4 Å². The van der Waals surface area contributed by atoms with Gasteiger partial charge in [-0.15, -0.1) is 0 Å². The van der Waals surface area contributed by atoms with Crippen LogP contribution < -0.4 is 4.74 Å². The van der Waals surface area contributed by atoms with Crippen molar-refractivity contribution in [1.29, 1.82) is 0 Å². The van der Waals surface area contributed by atoms with E-state index in [4.69, 9.17) is 14.6 Å². The second-order valence-electron chi connectivity index (χ2n) is 3.32.